The molecule has 1 atom stereocenters. The highest BCUT2D eigenvalue weighted by Crippen LogP contribution is 2.21. The van der Waals surface area contributed by atoms with Crippen LogP contribution < -0.4 is 10.6 Å². The number of methoxy groups -OCH3 is 1. The van der Waals surface area contributed by atoms with Gasteiger partial charge in [-0.25, -0.2) is 0 Å². The number of anilines is 1. The highest BCUT2D eigenvalue weighted by Gasteiger charge is 2.16. The van der Waals surface area contributed by atoms with Crippen LogP contribution in [0.4, 0.5) is 5.69 Å². The first-order valence-corrected chi connectivity index (χ1v) is 7.33. The van der Waals surface area contributed by atoms with Crippen molar-refractivity contribution in [1.82, 2.24) is 5.32 Å². The molecule has 0 spiro atoms. The van der Waals surface area contributed by atoms with Gasteiger partial charge in [-0.1, -0.05) is 24.9 Å². The Labute approximate surface area is 125 Å². The van der Waals surface area contributed by atoms with Crippen molar-refractivity contribution in [1.29, 1.82) is 0 Å². The second-order valence-corrected chi connectivity index (χ2v) is 5.07. The first-order valence-electron chi connectivity index (χ1n) is 6.95. The number of nitrogens with one attached hydrogen (secondary N) is 2. The number of benzene rings is 1. The van der Waals surface area contributed by atoms with Crippen LogP contribution in [0.3, 0.4) is 0 Å². The Bertz CT molecular complexity index is 432. The van der Waals surface area contributed by atoms with Crippen molar-refractivity contribution < 1.29 is 9.53 Å². The monoisotopic (exact) mass is 298 g/mol. The van der Waals surface area contributed by atoms with Crippen molar-refractivity contribution in [2.75, 3.05) is 25.6 Å². The lowest BCUT2D eigenvalue weighted by molar-refractivity contribution is 0.0892. The summed E-state index contributed by atoms with van der Waals surface area (Å²) in [4.78, 5) is 12.4. The van der Waals surface area contributed by atoms with Gasteiger partial charge in [-0.3, -0.25) is 4.79 Å². The minimum atomic E-state index is -0.126. The second-order valence-electron chi connectivity index (χ2n) is 4.63. The average Bonchev–Trinajstić information content (AvgIpc) is 2.41. The maximum atomic E-state index is 12.4. The quantitative estimate of drug-likeness (QED) is 0.774. The van der Waals surface area contributed by atoms with Gasteiger partial charge in [0.05, 0.1) is 18.2 Å². The zero-order valence-electron chi connectivity index (χ0n) is 12.3. The number of carbonyl (C=O) groups is 1. The van der Waals surface area contributed by atoms with Crippen LogP contribution in [-0.4, -0.2) is 32.2 Å². The van der Waals surface area contributed by atoms with E-state index < -0.39 is 0 Å². The van der Waals surface area contributed by atoms with Gasteiger partial charge >= 0.3 is 0 Å². The molecule has 0 aliphatic carbocycles. The molecule has 1 rings (SSSR count). The van der Waals surface area contributed by atoms with Gasteiger partial charge in [0, 0.05) is 24.4 Å². The number of rotatable bonds is 8. The summed E-state index contributed by atoms with van der Waals surface area (Å²) in [6, 6.07) is 5.30. The molecule has 0 bridgehead atoms. The molecular weight excluding hydrogens is 276 g/mol. The summed E-state index contributed by atoms with van der Waals surface area (Å²) in [6.07, 6.45) is 1.88. The van der Waals surface area contributed by atoms with Crippen LogP contribution in [-0.2, 0) is 4.74 Å². The Balaban J connectivity index is 2.86. The van der Waals surface area contributed by atoms with E-state index in [4.69, 9.17) is 16.3 Å². The van der Waals surface area contributed by atoms with Gasteiger partial charge in [-0.2, -0.15) is 0 Å². The summed E-state index contributed by atoms with van der Waals surface area (Å²) in [5.74, 6) is -0.126. The Morgan fingerprint density at radius 3 is 2.75 bits per heavy atom. The fourth-order valence-electron chi connectivity index (χ4n) is 2.06. The minimum Gasteiger partial charge on any atom is -0.385 e. The summed E-state index contributed by atoms with van der Waals surface area (Å²) in [6.45, 7) is 5.33. The van der Waals surface area contributed by atoms with E-state index in [1.165, 1.54) is 0 Å². The molecule has 5 heteroatoms. The van der Waals surface area contributed by atoms with E-state index in [1.807, 2.05) is 13.0 Å². The number of amides is 1. The number of hydrogen-bond acceptors (Lipinski definition) is 3. The minimum absolute atomic E-state index is 0.0194. The molecule has 112 valence electrons. The van der Waals surface area contributed by atoms with Crippen LogP contribution in [0.15, 0.2) is 18.2 Å². The predicted molar refractivity (Wildman–Crippen MR) is 83.7 cm³/mol. The lowest BCUT2D eigenvalue weighted by Gasteiger charge is -2.18. The highest BCUT2D eigenvalue weighted by molar-refractivity contribution is 6.31. The molecule has 0 fully saturated rings. The molecule has 0 aliphatic heterocycles. The fraction of sp³-hybridized carbons (Fsp3) is 0.533. The number of carbonyl (C=O) groups excluding carboxylic acids is 1. The maximum Gasteiger partial charge on any atom is 0.253 e. The van der Waals surface area contributed by atoms with Gasteiger partial charge in [0.25, 0.3) is 5.91 Å². The molecule has 0 radical (unpaired) electrons. The van der Waals surface area contributed by atoms with Crippen molar-refractivity contribution in [2.45, 2.75) is 32.7 Å². The molecule has 2 N–H and O–H groups in total. The molecule has 1 unspecified atom stereocenters. The van der Waals surface area contributed by atoms with Crippen molar-refractivity contribution in [2.24, 2.45) is 0 Å². The number of hydrogen-bond donors (Lipinski definition) is 2. The van der Waals surface area contributed by atoms with E-state index in [-0.39, 0.29) is 11.9 Å². The Kier molecular flexibility index (Phi) is 7.41. The summed E-state index contributed by atoms with van der Waals surface area (Å²) >= 11 is 5.99. The first-order chi connectivity index (χ1) is 9.62. The summed E-state index contributed by atoms with van der Waals surface area (Å²) in [7, 11) is 1.64. The SMILES string of the molecule is CCCC(COC)NC(=O)c1cc(Cl)ccc1NCC. The van der Waals surface area contributed by atoms with Crippen LogP contribution in [0.2, 0.25) is 5.02 Å². The standard InChI is InChI=1S/C15H23ClN2O2/c1-4-6-12(10-20-3)18-15(19)13-9-11(16)7-8-14(13)17-5-2/h7-9,12,17H,4-6,10H2,1-3H3,(H,18,19). The average molecular weight is 299 g/mol. The largest absolute Gasteiger partial charge is 0.385 e. The summed E-state index contributed by atoms with van der Waals surface area (Å²) < 4.78 is 5.14. The molecule has 0 heterocycles. The van der Waals surface area contributed by atoms with Crippen molar-refractivity contribution in [3.63, 3.8) is 0 Å². The second kappa shape index (κ2) is 8.82. The van der Waals surface area contributed by atoms with Gasteiger partial charge in [0.1, 0.15) is 0 Å². The third-order valence-corrected chi connectivity index (χ3v) is 3.17. The van der Waals surface area contributed by atoms with Crippen molar-refractivity contribution in [3.8, 4) is 0 Å². The number of ether oxygens (including phenoxy) is 1. The molecule has 4 nitrogen and oxygen atoms in total. The zero-order valence-corrected chi connectivity index (χ0v) is 13.1. The van der Waals surface area contributed by atoms with E-state index in [2.05, 4.69) is 17.6 Å². The van der Waals surface area contributed by atoms with Gasteiger partial charge in [0.15, 0.2) is 0 Å². The van der Waals surface area contributed by atoms with Crippen LogP contribution in [0.1, 0.15) is 37.0 Å². The number of halogens is 1. The molecule has 0 saturated heterocycles. The summed E-state index contributed by atoms with van der Waals surface area (Å²) in [5, 5.41) is 6.72. The predicted octanol–water partition coefficient (Wildman–Crippen LogP) is 3.32. The van der Waals surface area contributed by atoms with Crippen molar-refractivity contribution in [3.05, 3.63) is 28.8 Å². The molecular formula is C15H23ClN2O2. The Morgan fingerprint density at radius 2 is 2.15 bits per heavy atom. The van der Waals surface area contributed by atoms with Crippen molar-refractivity contribution >= 4 is 23.2 Å². The molecule has 0 aromatic heterocycles. The molecule has 0 aliphatic rings. The Hall–Kier alpha value is -1.26. The smallest absolute Gasteiger partial charge is 0.253 e. The van der Waals surface area contributed by atoms with Gasteiger partial charge in [0.2, 0.25) is 0 Å². The van der Waals surface area contributed by atoms with Crippen LogP contribution in [0, 0.1) is 0 Å². The van der Waals surface area contributed by atoms with Gasteiger partial charge in [-0.15, -0.1) is 0 Å². The van der Waals surface area contributed by atoms with Crippen LogP contribution >= 0.6 is 11.6 Å². The molecule has 1 amide bonds. The molecule has 1 aromatic rings. The van der Waals surface area contributed by atoms with E-state index in [0.717, 1.165) is 25.1 Å². The molecule has 0 saturated carbocycles. The van der Waals surface area contributed by atoms with Gasteiger partial charge < -0.3 is 15.4 Å². The first kappa shape index (κ1) is 16.8. The zero-order chi connectivity index (χ0) is 15.0. The topological polar surface area (TPSA) is 50.4 Å². The van der Waals surface area contributed by atoms with Crippen LogP contribution in [0.5, 0.6) is 0 Å². The third kappa shape index (κ3) is 5.02. The highest BCUT2D eigenvalue weighted by atomic mass is 35.5. The van der Waals surface area contributed by atoms with E-state index in [1.54, 1.807) is 19.2 Å². The summed E-state index contributed by atoms with van der Waals surface area (Å²) in [5.41, 5.74) is 1.36. The lowest BCUT2D eigenvalue weighted by atomic mass is 10.1. The van der Waals surface area contributed by atoms with E-state index in [0.29, 0.717) is 17.2 Å². The van der Waals surface area contributed by atoms with E-state index in [9.17, 15) is 4.79 Å². The molecule has 20 heavy (non-hydrogen) atoms. The molecule has 1 aromatic carbocycles. The van der Waals surface area contributed by atoms with E-state index >= 15 is 0 Å². The maximum absolute atomic E-state index is 12.4. The van der Waals surface area contributed by atoms with Crippen LogP contribution in [0.25, 0.3) is 0 Å². The Morgan fingerprint density at radius 1 is 1.40 bits per heavy atom. The lowest BCUT2D eigenvalue weighted by Crippen LogP contribution is -2.38. The normalized spacial score (nSPS) is 12.0. The third-order valence-electron chi connectivity index (χ3n) is 2.93. The van der Waals surface area contributed by atoms with Gasteiger partial charge in [-0.05, 0) is 31.5 Å². The fourth-order valence-corrected chi connectivity index (χ4v) is 2.23.